The fourth-order valence-corrected chi connectivity index (χ4v) is 2.04. The number of aromatic amines is 1. The van der Waals surface area contributed by atoms with Gasteiger partial charge in [-0.15, -0.1) is 0 Å². The SMILES string of the molecule is Cc1cc(=O)[nH]c(Nc2nc(C)c3ccccc3n2)n1. The summed E-state index contributed by atoms with van der Waals surface area (Å²) in [6, 6.07) is 9.19. The normalized spacial score (nSPS) is 10.7. The fraction of sp³-hybridized carbons (Fsp3) is 0.143. The van der Waals surface area contributed by atoms with Crippen LogP contribution in [0.2, 0.25) is 0 Å². The highest BCUT2D eigenvalue weighted by atomic mass is 16.1. The Hall–Kier alpha value is -2.76. The number of anilines is 2. The molecule has 6 nitrogen and oxygen atoms in total. The summed E-state index contributed by atoms with van der Waals surface area (Å²) in [7, 11) is 0. The van der Waals surface area contributed by atoms with Crippen molar-refractivity contribution in [2.75, 3.05) is 5.32 Å². The Morgan fingerprint density at radius 2 is 1.90 bits per heavy atom. The molecule has 0 unspecified atom stereocenters. The highest BCUT2D eigenvalue weighted by Gasteiger charge is 2.05. The zero-order valence-electron chi connectivity index (χ0n) is 11.1. The molecule has 3 rings (SSSR count). The molecule has 0 aliphatic heterocycles. The molecular formula is C14H13N5O. The second-order valence-corrected chi connectivity index (χ2v) is 4.51. The molecule has 0 bridgehead atoms. The van der Waals surface area contributed by atoms with E-state index in [4.69, 9.17) is 0 Å². The molecule has 0 aliphatic rings. The maximum atomic E-state index is 11.4. The van der Waals surface area contributed by atoms with E-state index in [0.717, 1.165) is 16.6 Å². The van der Waals surface area contributed by atoms with E-state index < -0.39 is 0 Å². The van der Waals surface area contributed by atoms with Crippen LogP contribution in [0.4, 0.5) is 11.9 Å². The Kier molecular flexibility index (Phi) is 2.90. The van der Waals surface area contributed by atoms with Crippen molar-refractivity contribution in [1.29, 1.82) is 0 Å². The van der Waals surface area contributed by atoms with E-state index in [1.54, 1.807) is 6.92 Å². The van der Waals surface area contributed by atoms with Gasteiger partial charge in [0.2, 0.25) is 11.9 Å². The summed E-state index contributed by atoms with van der Waals surface area (Å²) in [5.74, 6) is 0.750. The fourth-order valence-electron chi connectivity index (χ4n) is 2.04. The van der Waals surface area contributed by atoms with E-state index in [9.17, 15) is 4.79 Å². The molecule has 0 aliphatic carbocycles. The van der Waals surface area contributed by atoms with Gasteiger partial charge in [0, 0.05) is 17.1 Å². The molecule has 2 aromatic heterocycles. The number of fused-ring (bicyclic) bond motifs is 1. The summed E-state index contributed by atoms with van der Waals surface area (Å²) in [6.45, 7) is 3.68. The molecule has 0 fully saturated rings. The zero-order chi connectivity index (χ0) is 14.1. The van der Waals surface area contributed by atoms with Gasteiger partial charge in [-0.1, -0.05) is 18.2 Å². The van der Waals surface area contributed by atoms with Crippen LogP contribution in [0.1, 0.15) is 11.4 Å². The summed E-state index contributed by atoms with van der Waals surface area (Å²) < 4.78 is 0. The summed E-state index contributed by atoms with van der Waals surface area (Å²) in [6.07, 6.45) is 0. The molecule has 0 saturated carbocycles. The summed E-state index contributed by atoms with van der Waals surface area (Å²) >= 11 is 0. The van der Waals surface area contributed by atoms with Crippen molar-refractivity contribution in [3.63, 3.8) is 0 Å². The second-order valence-electron chi connectivity index (χ2n) is 4.51. The van der Waals surface area contributed by atoms with E-state index >= 15 is 0 Å². The van der Waals surface area contributed by atoms with Crippen molar-refractivity contribution in [3.8, 4) is 0 Å². The van der Waals surface area contributed by atoms with E-state index in [-0.39, 0.29) is 5.56 Å². The van der Waals surface area contributed by atoms with Crippen molar-refractivity contribution < 1.29 is 0 Å². The maximum Gasteiger partial charge on any atom is 0.252 e. The molecule has 3 aromatic rings. The molecule has 0 saturated heterocycles. The van der Waals surface area contributed by atoms with Crippen molar-refractivity contribution >= 4 is 22.8 Å². The van der Waals surface area contributed by atoms with E-state index in [2.05, 4.69) is 25.3 Å². The number of nitrogens with zero attached hydrogens (tertiary/aromatic N) is 3. The van der Waals surface area contributed by atoms with Gasteiger partial charge in [-0.25, -0.2) is 15.0 Å². The molecule has 2 heterocycles. The summed E-state index contributed by atoms with van der Waals surface area (Å²) in [4.78, 5) is 27.0. The van der Waals surface area contributed by atoms with E-state index in [1.165, 1.54) is 6.07 Å². The van der Waals surface area contributed by atoms with Crippen molar-refractivity contribution in [3.05, 3.63) is 52.1 Å². The lowest BCUT2D eigenvalue weighted by molar-refractivity contribution is 1.05. The van der Waals surface area contributed by atoms with Crippen molar-refractivity contribution in [2.45, 2.75) is 13.8 Å². The minimum Gasteiger partial charge on any atom is -0.294 e. The van der Waals surface area contributed by atoms with Gasteiger partial charge in [0.05, 0.1) is 11.2 Å². The Labute approximate surface area is 114 Å². The van der Waals surface area contributed by atoms with Crippen LogP contribution in [0, 0.1) is 13.8 Å². The number of nitrogens with one attached hydrogen (secondary N) is 2. The third-order valence-corrected chi connectivity index (χ3v) is 2.89. The third kappa shape index (κ3) is 2.35. The van der Waals surface area contributed by atoms with Crippen molar-refractivity contribution in [1.82, 2.24) is 19.9 Å². The van der Waals surface area contributed by atoms with Gasteiger partial charge in [-0.3, -0.25) is 15.1 Å². The van der Waals surface area contributed by atoms with Crippen LogP contribution >= 0.6 is 0 Å². The van der Waals surface area contributed by atoms with Crippen LogP contribution in [0.15, 0.2) is 35.1 Å². The van der Waals surface area contributed by atoms with Gasteiger partial charge in [0.25, 0.3) is 5.56 Å². The van der Waals surface area contributed by atoms with Gasteiger partial charge in [0.1, 0.15) is 0 Å². The van der Waals surface area contributed by atoms with Gasteiger partial charge in [-0.05, 0) is 19.9 Å². The largest absolute Gasteiger partial charge is 0.294 e. The second kappa shape index (κ2) is 4.73. The first-order valence-electron chi connectivity index (χ1n) is 6.20. The van der Waals surface area contributed by atoms with Crippen LogP contribution in [-0.2, 0) is 0 Å². The first-order valence-corrected chi connectivity index (χ1v) is 6.20. The Bertz CT molecular complexity index is 840. The van der Waals surface area contributed by atoms with Crippen LogP contribution in [0.3, 0.4) is 0 Å². The Balaban J connectivity index is 2.04. The predicted octanol–water partition coefficient (Wildman–Crippen LogP) is 2.07. The number of aromatic nitrogens is 4. The number of rotatable bonds is 2. The number of hydrogen-bond acceptors (Lipinski definition) is 5. The zero-order valence-corrected chi connectivity index (χ0v) is 11.1. The molecule has 0 radical (unpaired) electrons. The first kappa shape index (κ1) is 12.3. The van der Waals surface area contributed by atoms with Crippen LogP contribution in [-0.4, -0.2) is 19.9 Å². The van der Waals surface area contributed by atoms with Crippen molar-refractivity contribution in [2.24, 2.45) is 0 Å². The molecule has 6 heteroatoms. The molecule has 0 atom stereocenters. The number of hydrogen-bond donors (Lipinski definition) is 2. The number of benzene rings is 1. The monoisotopic (exact) mass is 267 g/mol. The average Bonchev–Trinajstić information content (AvgIpc) is 2.37. The Morgan fingerprint density at radius 3 is 2.70 bits per heavy atom. The third-order valence-electron chi connectivity index (χ3n) is 2.89. The predicted molar refractivity (Wildman–Crippen MR) is 77.2 cm³/mol. The van der Waals surface area contributed by atoms with Gasteiger partial charge in [0.15, 0.2) is 0 Å². The molecule has 0 spiro atoms. The number of para-hydroxylation sites is 1. The topological polar surface area (TPSA) is 83.6 Å². The molecule has 1 aromatic carbocycles. The summed E-state index contributed by atoms with van der Waals surface area (Å²) in [5, 5.41) is 3.93. The van der Waals surface area contributed by atoms with Crippen LogP contribution in [0.5, 0.6) is 0 Å². The first-order chi connectivity index (χ1) is 9.61. The molecule has 2 N–H and O–H groups in total. The van der Waals surface area contributed by atoms with Gasteiger partial charge in [-0.2, -0.15) is 0 Å². The number of H-pyrrole nitrogens is 1. The van der Waals surface area contributed by atoms with Crippen LogP contribution in [0.25, 0.3) is 10.9 Å². The van der Waals surface area contributed by atoms with Gasteiger partial charge >= 0.3 is 0 Å². The average molecular weight is 267 g/mol. The molecule has 20 heavy (non-hydrogen) atoms. The minimum absolute atomic E-state index is 0.211. The smallest absolute Gasteiger partial charge is 0.252 e. The molecule has 100 valence electrons. The standard InChI is InChI=1S/C14H13N5O/c1-8-7-12(20)18-13(15-8)19-14-16-9(2)10-5-3-4-6-11(10)17-14/h3-7H,1-2H3,(H2,15,16,17,18,19,20). The molecular weight excluding hydrogens is 254 g/mol. The van der Waals surface area contributed by atoms with E-state index in [0.29, 0.717) is 17.6 Å². The lowest BCUT2D eigenvalue weighted by Gasteiger charge is -2.07. The van der Waals surface area contributed by atoms with E-state index in [1.807, 2.05) is 31.2 Å². The van der Waals surface area contributed by atoms with Gasteiger partial charge < -0.3 is 0 Å². The lowest BCUT2D eigenvalue weighted by atomic mass is 10.2. The minimum atomic E-state index is -0.211. The Morgan fingerprint density at radius 1 is 1.10 bits per heavy atom. The van der Waals surface area contributed by atoms with Crippen LogP contribution < -0.4 is 10.9 Å². The quantitative estimate of drug-likeness (QED) is 0.742. The summed E-state index contributed by atoms with van der Waals surface area (Å²) in [5.41, 5.74) is 2.14. The highest BCUT2D eigenvalue weighted by Crippen LogP contribution is 2.17. The number of aryl methyl sites for hydroxylation is 2. The maximum absolute atomic E-state index is 11.4. The molecule has 0 amide bonds. The lowest BCUT2D eigenvalue weighted by Crippen LogP contribution is -2.11. The highest BCUT2D eigenvalue weighted by molar-refractivity contribution is 5.81.